The summed E-state index contributed by atoms with van der Waals surface area (Å²) < 4.78 is 10.8. The van der Waals surface area contributed by atoms with Crippen LogP contribution in [0, 0.1) is 13.8 Å². The second-order valence-electron chi connectivity index (χ2n) is 6.01. The molecule has 1 aromatic carbocycles. The average Bonchev–Trinajstić information content (AvgIpc) is 2.78. The van der Waals surface area contributed by atoms with E-state index in [9.17, 15) is 4.79 Å². The van der Waals surface area contributed by atoms with E-state index in [-0.39, 0.29) is 24.5 Å². The number of amides is 1. The van der Waals surface area contributed by atoms with E-state index < -0.39 is 0 Å². The number of ether oxygens (including phenoxy) is 1. The van der Waals surface area contributed by atoms with Crippen LogP contribution in [0.25, 0.3) is 0 Å². The van der Waals surface area contributed by atoms with E-state index in [1.54, 1.807) is 0 Å². The molecule has 0 bridgehead atoms. The van der Waals surface area contributed by atoms with Crippen molar-refractivity contribution < 1.29 is 14.1 Å². The van der Waals surface area contributed by atoms with Gasteiger partial charge in [0.25, 0.3) is 0 Å². The predicted octanol–water partition coefficient (Wildman–Crippen LogP) is 3.50. The van der Waals surface area contributed by atoms with Crippen LogP contribution in [0.1, 0.15) is 49.4 Å². The van der Waals surface area contributed by atoms with Gasteiger partial charge in [-0.05, 0) is 52.3 Å². The van der Waals surface area contributed by atoms with Gasteiger partial charge in [0.15, 0.2) is 0 Å². The van der Waals surface area contributed by atoms with Crippen LogP contribution < -0.4 is 10.1 Å². The van der Waals surface area contributed by atoms with Crippen LogP contribution in [0.3, 0.4) is 0 Å². The van der Waals surface area contributed by atoms with Gasteiger partial charge in [-0.2, -0.15) is 0 Å². The first kappa shape index (κ1) is 17.1. The van der Waals surface area contributed by atoms with Crippen molar-refractivity contribution in [3.63, 3.8) is 0 Å². The Morgan fingerprint density at radius 2 is 2.04 bits per heavy atom. The molecule has 5 heteroatoms. The standard InChI is InChI=1S/C18H24N2O3/c1-11(2)22-16-8-6-7-15(9-16)12(3)19-18(21)10-17-13(4)20-23-14(17)5/h6-9,11-12H,10H2,1-5H3,(H,19,21). The predicted molar refractivity (Wildman–Crippen MR) is 88.4 cm³/mol. The molecule has 1 heterocycles. The number of benzene rings is 1. The molecule has 2 aromatic rings. The summed E-state index contributed by atoms with van der Waals surface area (Å²) in [7, 11) is 0. The van der Waals surface area contributed by atoms with Gasteiger partial charge in [-0.25, -0.2) is 0 Å². The molecule has 1 aromatic heterocycles. The number of nitrogens with one attached hydrogen (secondary N) is 1. The molecular formula is C18H24N2O3. The molecule has 5 nitrogen and oxygen atoms in total. The minimum Gasteiger partial charge on any atom is -0.491 e. The lowest BCUT2D eigenvalue weighted by molar-refractivity contribution is -0.121. The third-order valence-corrected chi connectivity index (χ3v) is 3.63. The Kier molecular flexibility index (Phi) is 5.42. The Labute approximate surface area is 137 Å². The van der Waals surface area contributed by atoms with Crippen LogP contribution in [0.15, 0.2) is 28.8 Å². The summed E-state index contributed by atoms with van der Waals surface area (Å²) in [4.78, 5) is 12.2. The fourth-order valence-electron chi connectivity index (χ4n) is 2.42. The number of hydrogen-bond donors (Lipinski definition) is 1. The number of aryl methyl sites for hydroxylation is 2. The van der Waals surface area contributed by atoms with Crippen LogP contribution in [-0.4, -0.2) is 17.2 Å². The van der Waals surface area contributed by atoms with Gasteiger partial charge in [-0.3, -0.25) is 4.79 Å². The van der Waals surface area contributed by atoms with Crippen molar-refractivity contribution in [2.75, 3.05) is 0 Å². The molecule has 0 spiro atoms. The van der Waals surface area contributed by atoms with Crippen LogP contribution in [0.2, 0.25) is 0 Å². The monoisotopic (exact) mass is 316 g/mol. The first-order valence-electron chi connectivity index (χ1n) is 7.84. The zero-order valence-electron chi connectivity index (χ0n) is 14.3. The second kappa shape index (κ2) is 7.31. The van der Waals surface area contributed by atoms with E-state index in [1.807, 2.05) is 58.9 Å². The Morgan fingerprint density at radius 1 is 1.30 bits per heavy atom. The molecule has 0 saturated carbocycles. The van der Waals surface area contributed by atoms with Gasteiger partial charge in [-0.1, -0.05) is 17.3 Å². The van der Waals surface area contributed by atoms with Crippen LogP contribution in [-0.2, 0) is 11.2 Å². The minimum atomic E-state index is -0.0984. The summed E-state index contributed by atoms with van der Waals surface area (Å²) in [6, 6.07) is 7.69. The highest BCUT2D eigenvalue weighted by atomic mass is 16.5. The van der Waals surface area contributed by atoms with E-state index in [2.05, 4.69) is 10.5 Å². The lowest BCUT2D eigenvalue weighted by Gasteiger charge is -2.16. The fraction of sp³-hybridized carbons (Fsp3) is 0.444. The highest BCUT2D eigenvalue weighted by molar-refractivity contribution is 5.79. The van der Waals surface area contributed by atoms with E-state index in [4.69, 9.17) is 9.26 Å². The molecule has 1 unspecified atom stereocenters. The molecule has 23 heavy (non-hydrogen) atoms. The number of rotatable bonds is 6. The third-order valence-electron chi connectivity index (χ3n) is 3.63. The summed E-state index contributed by atoms with van der Waals surface area (Å²) in [5, 5.41) is 6.88. The zero-order chi connectivity index (χ0) is 17.0. The van der Waals surface area contributed by atoms with Gasteiger partial charge in [0.05, 0.1) is 24.3 Å². The molecule has 0 aliphatic rings. The first-order chi connectivity index (χ1) is 10.9. The van der Waals surface area contributed by atoms with E-state index in [0.29, 0.717) is 5.76 Å². The van der Waals surface area contributed by atoms with Gasteiger partial charge >= 0.3 is 0 Å². The number of aromatic nitrogens is 1. The molecule has 0 saturated heterocycles. The first-order valence-corrected chi connectivity index (χ1v) is 7.84. The fourth-order valence-corrected chi connectivity index (χ4v) is 2.42. The second-order valence-corrected chi connectivity index (χ2v) is 6.01. The number of carbonyl (C=O) groups excluding carboxylic acids is 1. The van der Waals surface area contributed by atoms with Crippen molar-refractivity contribution in [1.82, 2.24) is 10.5 Å². The molecule has 0 fully saturated rings. The molecule has 124 valence electrons. The van der Waals surface area contributed by atoms with Gasteiger partial charge in [-0.15, -0.1) is 0 Å². The highest BCUT2D eigenvalue weighted by Gasteiger charge is 2.16. The van der Waals surface area contributed by atoms with Gasteiger partial charge in [0.2, 0.25) is 5.91 Å². The summed E-state index contributed by atoms with van der Waals surface area (Å²) in [6.45, 7) is 9.59. The van der Waals surface area contributed by atoms with E-state index in [0.717, 1.165) is 22.6 Å². The van der Waals surface area contributed by atoms with Crippen molar-refractivity contribution in [2.45, 2.75) is 53.2 Å². The third kappa shape index (κ3) is 4.58. The SMILES string of the molecule is Cc1noc(C)c1CC(=O)NC(C)c1cccc(OC(C)C)c1. The molecule has 0 aliphatic carbocycles. The normalized spacial score (nSPS) is 12.3. The number of carbonyl (C=O) groups is 1. The summed E-state index contributed by atoms with van der Waals surface area (Å²) >= 11 is 0. The quantitative estimate of drug-likeness (QED) is 0.886. The Balaban J connectivity index is 2.01. The minimum absolute atomic E-state index is 0.0536. The summed E-state index contributed by atoms with van der Waals surface area (Å²) in [5.41, 5.74) is 2.62. The van der Waals surface area contributed by atoms with Crippen LogP contribution >= 0.6 is 0 Å². The van der Waals surface area contributed by atoms with Gasteiger partial charge in [0.1, 0.15) is 11.5 Å². The Morgan fingerprint density at radius 3 is 2.65 bits per heavy atom. The van der Waals surface area contributed by atoms with E-state index >= 15 is 0 Å². The molecule has 2 rings (SSSR count). The van der Waals surface area contributed by atoms with E-state index in [1.165, 1.54) is 0 Å². The van der Waals surface area contributed by atoms with Crippen molar-refractivity contribution in [3.8, 4) is 5.75 Å². The highest BCUT2D eigenvalue weighted by Crippen LogP contribution is 2.20. The van der Waals surface area contributed by atoms with Crippen molar-refractivity contribution in [3.05, 3.63) is 46.8 Å². The lowest BCUT2D eigenvalue weighted by atomic mass is 10.1. The Hall–Kier alpha value is -2.30. The lowest BCUT2D eigenvalue weighted by Crippen LogP contribution is -2.28. The van der Waals surface area contributed by atoms with Crippen molar-refractivity contribution in [2.24, 2.45) is 0 Å². The average molecular weight is 316 g/mol. The largest absolute Gasteiger partial charge is 0.491 e. The molecular weight excluding hydrogens is 292 g/mol. The maximum absolute atomic E-state index is 12.2. The van der Waals surface area contributed by atoms with Crippen molar-refractivity contribution in [1.29, 1.82) is 0 Å². The number of hydrogen-bond acceptors (Lipinski definition) is 4. The smallest absolute Gasteiger partial charge is 0.225 e. The summed E-state index contributed by atoms with van der Waals surface area (Å²) in [5.74, 6) is 1.45. The molecule has 1 atom stereocenters. The van der Waals surface area contributed by atoms with Crippen LogP contribution in [0.5, 0.6) is 5.75 Å². The maximum Gasteiger partial charge on any atom is 0.225 e. The topological polar surface area (TPSA) is 64.4 Å². The molecule has 1 N–H and O–H groups in total. The van der Waals surface area contributed by atoms with Crippen molar-refractivity contribution >= 4 is 5.91 Å². The zero-order valence-corrected chi connectivity index (χ0v) is 14.3. The van der Waals surface area contributed by atoms with Gasteiger partial charge < -0.3 is 14.6 Å². The molecule has 1 amide bonds. The summed E-state index contributed by atoms with van der Waals surface area (Å²) in [6.07, 6.45) is 0.392. The Bertz CT molecular complexity index is 657. The number of nitrogens with zero attached hydrogens (tertiary/aromatic N) is 1. The van der Waals surface area contributed by atoms with Crippen LogP contribution in [0.4, 0.5) is 0 Å². The molecule has 0 aliphatic heterocycles. The maximum atomic E-state index is 12.2. The van der Waals surface area contributed by atoms with Gasteiger partial charge in [0, 0.05) is 5.56 Å². The molecule has 0 radical (unpaired) electrons.